The summed E-state index contributed by atoms with van der Waals surface area (Å²) in [6.07, 6.45) is 2.56. The summed E-state index contributed by atoms with van der Waals surface area (Å²) in [7, 11) is 0. The number of aryl methyl sites for hydroxylation is 1. The molecule has 0 saturated heterocycles. The fourth-order valence-electron chi connectivity index (χ4n) is 3.16. The number of hydrogen-bond donors (Lipinski definition) is 4. The molecule has 0 fully saturated rings. The van der Waals surface area contributed by atoms with E-state index in [0.717, 1.165) is 16.9 Å². The highest BCUT2D eigenvalue weighted by atomic mass is 16.3. The molecule has 0 bridgehead atoms. The van der Waals surface area contributed by atoms with E-state index in [4.69, 9.17) is 4.42 Å². The van der Waals surface area contributed by atoms with Crippen LogP contribution in [-0.2, 0) is 16.0 Å². The molecule has 0 unspecified atom stereocenters. The number of carbonyl (C=O) groups is 2. The van der Waals surface area contributed by atoms with Crippen molar-refractivity contribution in [2.45, 2.75) is 26.7 Å². The number of rotatable bonds is 12. The summed E-state index contributed by atoms with van der Waals surface area (Å²) in [6.45, 7) is 5.43. The van der Waals surface area contributed by atoms with Gasteiger partial charge in [-0.05, 0) is 19.1 Å². The van der Waals surface area contributed by atoms with Crippen molar-refractivity contribution < 1.29 is 14.0 Å². The molecule has 4 N–H and O–H groups in total. The van der Waals surface area contributed by atoms with E-state index in [1.165, 1.54) is 6.92 Å². The predicted molar refractivity (Wildman–Crippen MR) is 128 cm³/mol. The van der Waals surface area contributed by atoms with E-state index in [1.54, 1.807) is 6.26 Å². The minimum Gasteiger partial charge on any atom is -0.469 e. The van der Waals surface area contributed by atoms with Crippen molar-refractivity contribution >= 4 is 23.5 Å². The lowest BCUT2D eigenvalue weighted by atomic mass is 10.2. The molecule has 0 atom stereocenters. The molecule has 9 nitrogen and oxygen atoms in total. The maximum absolute atomic E-state index is 12.1. The van der Waals surface area contributed by atoms with E-state index in [1.807, 2.05) is 49.4 Å². The molecule has 9 heteroatoms. The van der Waals surface area contributed by atoms with Crippen LogP contribution in [0.1, 0.15) is 24.7 Å². The zero-order chi connectivity index (χ0) is 23.5. The number of amides is 2. The third kappa shape index (κ3) is 7.64. The summed E-state index contributed by atoms with van der Waals surface area (Å²) in [6, 6.07) is 13.4. The Hall–Kier alpha value is -3.88. The monoisotopic (exact) mass is 450 g/mol. The van der Waals surface area contributed by atoms with Crippen LogP contribution in [0.15, 0.2) is 53.1 Å². The number of carbonyl (C=O) groups excluding carboxylic acids is 2. The largest absolute Gasteiger partial charge is 0.469 e. The highest BCUT2D eigenvalue weighted by Gasteiger charge is 2.12. The van der Waals surface area contributed by atoms with Crippen molar-refractivity contribution in [3.8, 4) is 11.4 Å². The molecule has 0 aliphatic heterocycles. The van der Waals surface area contributed by atoms with Crippen LogP contribution >= 0.6 is 0 Å². The van der Waals surface area contributed by atoms with Crippen LogP contribution in [0.4, 0.5) is 11.6 Å². The molecular weight excluding hydrogens is 420 g/mol. The van der Waals surface area contributed by atoms with E-state index >= 15 is 0 Å². The van der Waals surface area contributed by atoms with Crippen LogP contribution in [0.2, 0.25) is 0 Å². The van der Waals surface area contributed by atoms with Crippen LogP contribution in [0.25, 0.3) is 11.4 Å². The number of anilines is 2. The maximum Gasteiger partial charge on any atom is 0.220 e. The number of furan rings is 1. The van der Waals surface area contributed by atoms with Crippen molar-refractivity contribution in [2.75, 3.05) is 36.8 Å². The summed E-state index contributed by atoms with van der Waals surface area (Å²) in [4.78, 5) is 32.5. The van der Waals surface area contributed by atoms with Gasteiger partial charge in [-0.2, -0.15) is 0 Å². The Labute approximate surface area is 193 Å². The summed E-state index contributed by atoms with van der Waals surface area (Å²) >= 11 is 0. The first-order valence-electron chi connectivity index (χ1n) is 11.0. The van der Waals surface area contributed by atoms with Gasteiger partial charge >= 0.3 is 0 Å². The van der Waals surface area contributed by atoms with Crippen LogP contribution in [-0.4, -0.2) is 48.0 Å². The Balaban J connectivity index is 1.59. The Kier molecular flexibility index (Phi) is 8.81. The molecular formula is C24H30N6O3. The molecule has 33 heavy (non-hydrogen) atoms. The molecule has 0 spiro atoms. The number of aromatic nitrogens is 2. The average molecular weight is 451 g/mol. The lowest BCUT2D eigenvalue weighted by Crippen LogP contribution is -2.29. The number of benzene rings is 1. The minimum absolute atomic E-state index is 0.0297. The Morgan fingerprint density at radius 3 is 2.15 bits per heavy atom. The van der Waals surface area contributed by atoms with Crippen LogP contribution in [0.3, 0.4) is 0 Å². The lowest BCUT2D eigenvalue weighted by Gasteiger charge is -2.16. The molecule has 0 aliphatic rings. The van der Waals surface area contributed by atoms with Crippen LogP contribution < -0.4 is 21.3 Å². The van der Waals surface area contributed by atoms with Gasteiger partial charge in [0.15, 0.2) is 5.82 Å². The highest BCUT2D eigenvalue weighted by Crippen LogP contribution is 2.24. The van der Waals surface area contributed by atoms with Gasteiger partial charge in [-0.25, -0.2) is 9.97 Å². The zero-order valence-electron chi connectivity index (χ0n) is 19.0. The van der Waals surface area contributed by atoms with E-state index < -0.39 is 0 Å². The van der Waals surface area contributed by atoms with Gasteiger partial charge in [-0.15, -0.1) is 0 Å². The van der Waals surface area contributed by atoms with Crippen molar-refractivity contribution in [1.82, 2.24) is 20.6 Å². The molecule has 0 radical (unpaired) electrons. The summed E-state index contributed by atoms with van der Waals surface area (Å²) in [5, 5.41) is 12.2. The van der Waals surface area contributed by atoms with Gasteiger partial charge in [0.25, 0.3) is 0 Å². The Bertz CT molecular complexity index is 1040. The quantitative estimate of drug-likeness (QED) is 0.313. The molecule has 2 amide bonds. The second-order valence-corrected chi connectivity index (χ2v) is 7.50. The lowest BCUT2D eigenvalue weighted by molar-refractivity contribution is -0.121. The van der Waals surface area contributed by atoms with Crippen molar-refractivity contribution in [3.63, 3.8) is 0 Å². The topological polar surface area (TPSA) is 121 Å². The minimum atomic E-state index is -0.0743. The van der Waals surface area contributed by atoms with Crippen LogP contribution in [0, 0.1) is 6.92 Å². The van der Waals surface area contributed by atoms with Gasteiger partial charge in [-0.1, -0.05) is 30.3 Å². The zero-order valence-corrected chi connectivity index (χ0v) is 19.0. The van der Waals surface area contributed by atoms with E-state index in [-0.39, 0.29) is 11.8 Å². The molecule has 0 saturated carbocycles. The van der Waals surface area contributed by atoms with Gasteiger partial charge in [0.2, 0.25) is 11.8 Å². The second-order valence-electron chi connectivity index (χ2n) is 7.50. The predicted octanol–water partition coefficient (Wildman–Crippen LogP) is 2.75. The smallest absolute Gasteiger partial charge is 0.220 e. The fraction of sp³-hybridized carbons (Fsp3) is 0.333. The third-order valence-electron chi connectivity index (χ3n) is 4.89. The number of nitrogens with one attached hydrogen (secondary N) is 4. The summed E-state index contributed by atoms with van der Waals surface area (Å²) in [5.74, 6) is 2.67. The first-order chi connectivity index (χ1) is 16.0. The molecule has 2 heterocycles. The standard InChI is InChI=1S/C24H30N6O3/c1-17-22(27-14-12-25-18(2)31)29-24(19-7-4-3-5-8-19)30-23(17)28-15-13-26-21(32)11-10-20-9-6-16-33-20/h3-9,16H,10-15H2,1-2H3,(H,25,31)(H,26,32)(H2,27,28,29,30). The number of nitrogens with zero attached hydrogens (tertiary/aromatic N) is 2. The van der Waals surface area contributed by atoms with E-state index in [9.17, 15) is 9.59 Å². The molecule has 2 aromatic heterocycles. The van der Waals surface area contributed by atoms with E-state index in [2.05, 4.69) is 31.2 Å². The maximum atomic E-state index is 12.1. The molecule has 3 aromatic rings. The van der Waals surface area contributed by atoms with Gasteiger partial charge in [0, 0.05) is 57.1 Å². The number of hydrogen-bond acceptors (Lipinski definition) is 7. The van der Waals surface area contributed by atoms with E-state index in [0.29, 0.717) is 56.5 Å². The molecule has 1 aromatic carbocycles. The van der Waals surface area contributed by atoms with Gasteiger partial charge in [-0.3, -0.25) is 9.59 Å². The van der Waals surface area contributed by atoms with Gasteiger partial charge in [0.1, 0.15) is 17.4 Å². The van der Waals surface area contributed by atoms with Crippen LogP contribution in [0.5, 0.6) is 0 Å². The highest BCUT2D eigenvalue weighted by molar-refractivity contribution is 5.76. The van der Waals surface area contributed by atoms with Gasteiger partial charge < -0.3 is 25.7 Å². The third-order valence-corrected chi connectivity index (χ3v) is 4.89. The first kappa shape index (κ1) is 23.8. The van der Waals surface area contributed by atoms with Crippen molar-refractivity contribution in [3.05, 3.63) is 60.1 Å². The first-order valence-corrected chi connectivity index (χ1v) is 11.0. The molecule has 3 rings (SSSR count). The SMILES string of the molecule is CC(=O)NCCNc1nc(-c2ccccc2)nc(NCCNC(=O)CCc2ccco2)c1C. The Morgan fingerprint density at radius 1 is 0.879 bits per heavy atom. The fourth-order valence-corrected chi connectivity index (χ4v) is 3.16. The van der Waals surface area contributed by atoms with Gasteiger partial charge in [0.05, 0.1) is 6.26 Å². The van der Waals surface area contributed by atoms with Crippen molar-refractivity contribution in [1.29, 1.82) is 0 Å². The van der Waals surface area contributed by atoms with Crippen molar-refractivity contribution in [2.24, 2.45) is 0 Å². The Morgan fingerprint density at radius 2 is 1.55 bits per heavy atom. The normalized spacial score (nSPS) is 10.5. The molecule has 0 aliphatic carbocycles. The second kappa shape index (κ2) is 12.2. The summed E-state index contributed by atoms with van der Waals surface area (Å²) in [5.41, 5.74) is 1.76. The summed E-state index contributed by atoms with van der Waals surface area (Å²) < 4.78 is 5.25. The molecule has 174 valence electrons. The average Bonchev–Trinajstić information content (AvgIpc) is 3.34.